The average Bonchev–Trinajstić information content (AvgIpc) is 2.58. The molecule has 0 radical (unpaired) electrons. The second kappa shape index (κ2) is 15.0. The highest BCUT2D eigenvalue weighted by atomic mass is 28.4. The minimum absolute atomic E-state index is 0.651. The maximum absolute atomic E-state index is 5.96. The van der Waals surface area contributed by atoms with Gasteiger partial charge < -0.3 is 34.1 Å². The van der Waals surface area contributed by atoms with Gasteiger partial charge in [-0.2, -0.15) is 0 Å². The molecular formula is C17H40N4O3Si. The minimum atomic E-state index is -2.50. The molecule has 8 heteroatoms. The zero-order chi connectivity index (χ0) is 18.2. The van der Waals surface area contributed by atoms with Crippen molar-refractivity contribution >= 4 is 8.80 Å². The SMILES string of the molecule is CCO[Si](CCCN1CCNCCNCCNCC1)(OCC)OCC. The van der Waals surface area contributed by atoms with E-state index in [4.69, 9.17) is 13.3 Å². The van der Waals surface area contributed by atoms with Gasteiger partial charge in [-0.15, -0.1) is 0 Å². The Bertz CT molecular complexity index is 285. The Morgan fingerprint density at radius 2 is 1.16 bits per heavy atom. The smallest absolute Gasteiger partial charge is 0.374 e. The van der Waals surface area contributed by atoms with Gasteiger partial charge in [0, 0.05) is 78.2 Å². The summed E-state index contributed by atoms with van der Waals surface area (Å²) in [4.78, 5) is 2.53. The Morgan fingerprint density at radius 1 is 0.720 bits per heavy atom. The van der Waals surface area contributed by atoms with E-state index >= 15 is 0 Å². The number of nitrogens with zero attached hydrogens (tertiary/aromatic N) is 1. The molecule has 1 rings (SSSR count). The van der Waals surface area contributed by atoms with Crippen molar-refractivity contribution in [2.45, 2.75) is 33.2 Å². The van der Waals surface area contributed by atoms with Crippen LogP contribution in [0.5, 0.6) is 0 Å². The van der Waals surface area contributed by atoms with E-state index in [2.05, 4.69) is 20.9 Å². The molecule has 0 aromatic carbocycles. The molecule has 0 bridgehead atoms. The fourth-order valence-corrected chi connectivity index (χ4v) is 5.65. The molecule has 0 amide bonds. The first-order valence-corrected chi connectivity index (χ1v) is 12.0. The number of nitrogens with one attached hydrogen (secondary N) is 3. The Morgan fingerprint density at radius 3 is 1.60 bits per heavy atom. The van der Waals surface area contributed by atoms with Crippen LogP contribution in [0.2, 0.25) is 6.04 Å². The highest BCUT2D eigenvalue weighted by Crippen LogP contribution is 2.18. The molecule has 1 fully saturated rings. The molecule has 0 aliphatic carbocycles. The van der Waals surface area contributed by atoms with Crippen LogP contribution < -0.4 is 16.0 Å². The Balaban J connectivity index is 2.43. The van der Waals surface area contributed by atoms with Gasteiger partial charge in [-0.05, 0) is 33.7 Å². The van der Waals surface area contributed by atoms with E-state index in [1.54, 1.807) is 0 Å². The molecule has 1 saturated heterocycles. The largest absolute Gasteiger partial charge is 0.500 e. The molecule has 0 unspecified atom stereocenters. The van der Waals surface area contributed by atoms with Gasteiger partial charge in [0.2, 0.25) is 0 Å². The Labute approximate surface area is 155 Å². The zero-order valence-corrected chi connectivity index (χ0v) is 17.6. The number of hydrogen-bond donors (Lipinski definition) is 3. The van der Waals surface area contributed by atoms with Gasteiger partial charge in [-0.1, -0.05) is 0 Å². The second-order valence-corrected chi connectivity index (χ2v) is 8.91. The standard InChI is InChI=1S/C17H40N4O3Si/c1-4-22-25(23-5-2,24-6-3)17-7-14-21-15-12-19-10-8-18-9-11-20-13-16-21/h18-20H,4-17H2,1-3H3. The molecule has 25 heavy (non-hydrogen) atoms. The van der Waals surface area contributed by atoms with E-state index in [9.17, 15) is 0 Å². The van der Waals surface area contributed by atoms with Gasteiger partial charge in [0.25, 0.3) is 0 Å². The summed E-state index contributed by atoms with van der Waals surface area (Å²) in [6, 6.07) is 0.893. The first-order chi connectivity index (χ1) is 12.3. The van der Waals surface area contributed by atoms with E-state index in [-0.39, 0.29) is 0 Å². The predicted octanol–water partition coefficient (Wildman–Crippen LogP) is 0.509. The molecule has 0 aromatic heterocycles. The Kier molecular flexibility index (Phi) is 13.8. The molecule has 0 spiro atoms. The first kappa shape index (κ1) is 23.0. The summed E-state index contributed by atoms with van der Waals surface area (Å²) in [5, 5.41) is 10.4. The van der Waals surface area contributed by atoms with Crippen LogP contribution >= 0.6 is 0 Å². The fourth-order valence-electron chi connectivity index (χ4n) is 3.06. The molecule has 7 nitrogen and oxygen atoms in total. The summed E-state index contributed by atoms with van der Waals surface area (Å²) in [5.74, 6) is 0. The highest BCUT2D eigenvalue weighted by Gasteiger charge is 2.39. The van der Waals surface area contributed by atoms with Crippen molar-refractivity contribution in [1.82, 2.24) is 20.9 Å². The van der Waals surface area contributed by atoms with Crippen molar-refractivity contribution in [2.75, 3.05) is 78.7 Å². The monoisotopic (exact) mass is 376 g/mol. The van der Waals surface area contributed by atoms with E-state index in [0.29, 0.717) is 19.8 Å². The van der Waals surface area contributed by atoms with Gasteiger partial charge in [-0.25, -0.2) is 0 Å². The van der Waals surface area contributed by atoms with Gasteiger partial charge in [0.15, 0.2) is 0 Å². The summed E-state index contributed by atoms with van der Waals surface area (Å²) in [6.07, 6.45) is 1.05. The lowest BCUT2D eigenvalue weighted by molar-refractivity contribution is 0.0699. The predicted molar refractivity (Wildman–Crippen MR) is 105 cm³/mol. The van der Waals surface area contributed by atoms with Crippen molar-refractivity contribution in [3.05, 3.63) is 0 Å². The molecule has 1 heterocycles. The highest BCUT2D eigenvalue weighted by molar-refractivity contribution is 6.60. The van der Waals surface area contributed by atoms with Crippen LogP contribution in [-0.4, -0.2) is 92.4 Å². The van der Waals surface area contributed by atoms with Crippen LogP contribution in [-0.2, 0) is 13.3 Å². The van der Waals surface area contributed by atoms with Crippen LogP contribution in [0.4, 0.5) is 0 Å². The van der Waals surface area contributed by atoms with Crippen molar-refractivity contribution in [1.29, 1.82) is 0 Å². The summed E-state index contributed by atoms with van der Waals surface area (Å²) < 4.78 is 17.9. The minimum Gasteiger partial charge on any atom is -0.374 e. The quantitative estimate of drug-likeness (QED) is 0.480. The second-order valence-electron chi connectivity index (χ2n) is 6.18. The van der Waals surface area contributed by atoms with E-state index in [1.807, 2.05) is 20.8 Å². The summed E-state index contributed by atoms with van der Waals surface area (Å²) in [7, 11) is -2.50. The summed E-state index contributed by atoms with van der Waals surface area (Å²) in [6.45, 7) is 17.4. The topological polar surface area (TPSA) is 67.0 Å². The van der Waals surface area contributed by atoms with Gasteiger partial charge in [-0.3, -0.25) is 0 Å². The lowest BCUT2D eigenvalue weighted by Gasteiger charge is -2.30. The van der Waals surface area contributed by atoms with Crippen LogP contribution in [0.3, 0.4) is 0 Å². The maximum Gasteiger partial charge on any atom is 0.500 e. The van der Waals surface area contributed by atoms with Crippen molar-refractivity contribution in [3.8, 4) is 0 Å². The maximum atomic E-state index is 5.96. The molecule has 0 atom stereocenters. The van der Waals surface area contributed by atoms with Crippen LogP contribution in [0.25, 0.3) is 0 Å². The van der Waals surface area contributed by atoms with Crippen molar-refractivity contribution in [3.63, 3.8) is 0 Å². The summed E-state index contributed by atoms with van der Waals surface area (Å²) >= 11 is 0. The molecule has 3 N–H and O–H groups in total. The van der Waals surface area contributed by atoms with Gasteiger partial charge in [0.1, 0.15) is 0 Å². The third-order valence-corrected chi connectivity index (χ3v) is 7.37. The zero-order valence-electron chi connectivity index (χ0n) is 16.6. The first-order valence-electron chi connectivity index (χ1n) is 10.0. The fraction of sp³-hybridized carbons (Fsp3) is 1.00. The van der Waals surface area contributed by atoms with E-state index in [1.165, 1.54) is 0 Å². The van der Waals surface area contributed by atoms with Crippen LogP contribution in [0, 0.1) is 0 Å². The third-order valence-electron chi connectivity index (χ3n) is 4.22. The molecule has 0 aromatic rings. The number of rotatable bonds is 10. The Hall–Kier alpha value is -0.0631. The van der Waals surface area contributed by atoms with Crippen LogP contribution in [0.1, 0.15) is 27.2 Å². The molecule has 1 aliphatic heterocycles. The summed E-state index contributed by atoms with van der Waals surface area (Å²) in [5.41, 5.74) is 0. The van der Waals surface area contributed by atoms with E-state index < -0.39 is 8.80 Å². The lowest BCUT2D eigenvalue weighted by atomic mass is 10.3. The normalized spacial score (nSPS) is 19.3. The molecule has 0 saturated carbocycles. The lowest BCUT2D eigenvalue weighted by Crippen LogP contribution is -2.47. The average molecular weight is 377 g/mol. The van der Waals surface area contributed by atoms with E-state index in [0.717, 1.165) is 71.4 Å². The van der Waals surface area contributed by atoms with Gasteiger partial charge >= 0.3 is 8.80 Å². The van der Waals surface area contributed by atoms with Crippen molar-refractivity contribution in [2.24, 2.45) is 0 Å². The number of hydrogen-bond acceptors (Lipinski definition) is 7. The molecule has 150 valence electrons. The van der Waals surface area contributed by atoms with Gasteiger partial charge in [0.05, 0.1) is 0 Å². The molecular weight excluding hydrogens is 336 g/mol. The molecule has 1 aliphatic rings. The third kappa shape index (κ3) is 10.6. The van der Waals surface area contributed by atoms with Crippen molar-refractivity contribution < 1.29 is 13.3 Å². The van der Waals surface area contributed by atoms with Crippen LogP contribution in [0.15, 0.2) is 0 Å².